The van der Waals surface area contributed by atoms with Gasteiger partial charge in [0.25, 0.3) is 0 Å². The zero-order valence-electron chi connectivity index (χ0n) is 9.16. The van der Waals surface area contributed by atoms with Crippen LogP contribution in [0.3, 0.4) is 0 Å². The summed E-state index contributed by atoms with van der Waals surface area (Å²) in [6, 6.07) is 9.62. The van der Waals surface area contributed by atoms with Gasteiger partial charge in [-0.3, -0.25) is 0 Å². The fraction of sp³-hybridized carbons (Fsp3) is 0.385. The number of ketones is 1. The van der Waals surface area contributed by atoms with E-state index in [2.05, 4.69) is 13.0 Å². The molecular formula is C13H15NO. The number of carbonyl (C=O) groups excluding carboxylic acids is 1. The van der Waals surface area contributed by atoms with Crippen LogP contribution < -0.4 is 0 Å². The van der Waals surface area contributed by atoms with Crippen LogP contribution in [0, 0.1) is 11.3 Å². The molecule has 78 valence electrons. The fourth-order valence-corrected chi connectivity index (χ4v) is 1.71. The number of carbonyl (C=O) groups is 1. The molecule has 0 fully saturated rings. The van der Waals surface area contributed by atoms with Crippen molar-refractivity contribution in [3.63, 3.8) is 0 Å². The minimum Gasteiger partial charge on any atom is -0.300 e. The molecule has 0 heterocycles. The summed E-state index contributed by atoms with van der Waals surface area (Å²) in [7, 11) is 0. The van der Waals surface area contributed by atoms with E-state index >= 15 is 0 Å². The number of benzene rings is 1. The van der Waals surface area contributed by atoms with Gasteiger partial charge in [-0.1, -0.05) is 19.1 Å². The lowest BCUT2D eigenvalue weighted by Gasteiger charge is -2.13. The molecule has 1 aromatic rings. The quantitative estimate of drug-likeness (QED) is 0.751. The summed E-state index contributed by atoms with van der Waals surface area (Å²) in [4.78, 5) is 11.1. The van der Waals surface area contributed by atoms with E-state index in [9.17, 15) is 4.79 Å². The summed E-state index contributed by atoms with van der Waals surface area (Å²) >= 11 is 0. The van der Waals surface area contributed by atoms with Crippen LogP contribution in [0.25, 0.3) is 0 Å². The highest BCUT2D eigenvalue weighted by Crippen LogP contribution is 2.24. The maximum Gasteiger partial charge on any atom is 0.130 e. The van der Waals surface area contributed by atoms with Gasteiger partial charge in [-0.25, -0.2) is 0 Å². The number of nitriles is 1. The van der Waals surface area contributed by atoms with Crippen LogP contribution in [0.15, 0.2) is 24.3 Å². The predicted molar refractivity (Wildman–Crippen MR) is 59.5 cm³/mol. The molecule has 0 spiro atoms. The average Bonchev–Trinajstić information content (AvgIpc) is 2.25. The molecule has 2 heteroatoms. The maximum absolute atomic E-state index is 11.1. The molecule has 0 aliphatic carbocycles. The number of hydrogen-bond donors (Lipinski definition) is 0. The molecule has 0 aromatic heterocycles. The molecule has 0 bridgehead atoms. The highest BCUT2D eigenvalue weighted by Gasteiger charge is 2.11. The van der Waals surface area contributed by atoms with Gasteiger partial charge < -0.3 is 4.79 Å². The zero-order valence-corrected chi connectivity index (χ0v) is 9.16. The van der Waals surface area contributed by atoms with Gasteiger partial charge >= 0.3 is 0 Å². The normalized spacial score (nSPS) is 11.8. The van der Waals surface area contributed by atoms with Crippen molar-refractivity contribution >= 4 is 5.78 Å². The first-order valence-electron chi connectivity index (χ1n) is 5.16. The summed E-state index contributed by atoms with van der Waals surface area (Å²) in [5, 5.41) is 8.78. The lowest BCUT2D eigenvalue weighted by Crippen LogP contribution is -2.03. The molecule has 1 rings (SSSR count). The summed E-state index contributed by atoms with van der Waals surface area (Å²) in [6.45, 7) is 3.67. The van der Waals surface area contributed by atoms with Crippen molar-refractivity contribution in [1.82, 2.24) is 0 Å². The molecule has 0 saturated heterocycles. The number of Topliss-reactive ketones (excluding diaryl/α,β-unsaturated/α-hetero) is 1. The topological polar surface area (TPSA) is 40.9 Å². The maximum atomic E-state index is 11.1. The monoisotopic (exact) mass is 201 g/mol. The Morgan fingerprint density at radius 1 is 1.53 bits per heavy atom. The van der Waals surface area contributed by atoms with Crippen LogP contribution in [0.1, 0.15) is 43.7 Å². The van der Waals surface area contributed by atoms with Crippen LogP contribution in [0.4, 0.5) is 0 Å². The molecule has 1 unspecified atom stereocenters. The summed E-state index contributed by atoms with van der Waals surface area (Å²) < 4.78 is 0. The fourth-order valence-electron chi connectivity index (χ4n) is 1.71. The highest BCUT2D eigenvalue weighted by molar-refractivity contribution is 5.76. The Balaban J connectivity index is 2.92. The Bertz CT molecular complexity index is 390. The van der Waals surface area contributed by atoms with E-state index in [-0.39, 0.29) is 11.7 Å². The molecular weight excluding hydrogens is 186 g/mol. The van der Waals surface area contributed by atoms with Crippen LogP contribution in [0.5, 0.6) is 0 Å². The van der Waals surface area contributed by atoms with Gasteiger partial charge in [-0.05, 0) is 37.0 Å². The molecule has 0 N–H and O–H groups in total. The SMILES string of the molecule is CCC(CC(C)=O)c1cccc(C#N)c1. The first kappa shape index (κ1) is 11.5. The predicted octanol–water partition coefficient (Wildman–Crippen LogP) is 3.03. The van der Waals surface area contributed by atoms with E-state index in [0.717, 1.165) is 12.0 Å². The third kappa shape index (κ3) is 3.21. The molecule has 2 nitrogen and oxygen atoms in total. The van der Waals surface area contributed by atoms with Gasteiger partial charge in [0, 0.05) is 6.42 Å². The Kier molecular flexibility index (Phi) is 4.05. The van der Waals surface area contributed by atoms with Crippen molar-refractivity contribution in [1.29, 1.82) is 5.26 Å². The van der Waals surface area contributed by atoms with E-state index in [1.165, 1.54) is 0 Å². The lowest BCUT2D eigenvalue weighted by atomic mass is 9.91. The van der Waals surface area contributed by atoms with Crippen molar-refractivity contribution in [2.45, 2.75) is 32.6 Å². The van der Waals surface area contributed by atoms with E-state index in [1.807, 2.05) is 18.2 Å². The number of nitrogens with zero attached hydrogens (tertiary/aromatic N) is 1. The average molecular weight is 201 g/mol. The lowest BCUT2D eigenvalue weighted by molar-refractivity contribution is -0.117. The Hall–Kier alpha value is -1.62. The van der Waals surface area contributed by atoms with Crippen molar-refractivity contribution in [2.75, 3.05) is 0 Å². The molecule has 15 heavy (non-hydrogen) atoms. The third-order valence-electron chi connectivity index (χ3n) is 2.51. The van der Waals surface area contributed by atoms with Gasteiger partial charge in [0.1, 0.15) is 5.78 Å². The number of hydrogen-bond acceptors (Lipinski definition) is 2. The molecule has 1 atom stereocenters. The van der Waals surface area contributed by atoms with E-state index < -0.39 is 0 Å². The summed E-state index contributed by atoms with van der Waals surface area (Å²) in [5.74, 6) is 0.444. The first-order chi connectivity index (χ1) is 7.17. The van der Waals surface area contributed by atoms with E-state index in [0.29, 0.717) is 12.0 Å². The van der Waals surface area contributed by atoms with Crippen LogP contribution in [-0.2, 0) is 4.79 Å². The van der Waals surface area contributed by atoms with Crippen molar-refractivity contribution in [2.24, 2.45) is 0 Å². The molecule has 0 aliphatic heterocycles. The standard InChI is InChI=1S/C13H15NO/c1-3-12(7-10(2)15)13-6-4-5-11(8-13)9-14/h4-6,8,12H,3,7H2,1-2H3. The molecule has 0 radical (unpaired) electrons. The van der Waals surface area contributed by atoms with Crippen molar-refractivity contribution in [3.05, 3.63) is 35.4 Å². The third-order valence-corrected chi connectivity index (χ3v) is 2.51. The number of rotatable bonds is 4. The van der Waals surface area contributed by atoms with Gasteiger partial charge in [0.2, 0.25) is 0 Å². The van der Waals surface area contributed by atoms with E-state index in [1.54, 1.807) is 13.0 Å². The smallest absolute Gasteiger partial charge is 0.130 e. The second-order valence-electron chi connectivity index (χ2n) is 3.75. The zero-order chi connectivity index (χ0) is 11.3. The second kappa shape index (κ2) is 5.31. The molecule has 1 aromatic carbocycles. The Morgan fingerprint density at radius 2 is 2.27 bits per heavy atom. The van der Waals surface area contributed by atoms with Crippen LogP contribution >= 0.6 is 0 Å². The van der Waals surface area contributed by atoms with Gasteiger partial charge in [-0.2, -0.15) is 5.26 Å². The first-order valence-corrected chi connectivity index (χ1v) is 5.16. The Morgan fingerprint density at radius 3 is 2.80 bits per heavy atom. The van der Waals surface area contributed by atoms with Gasteiger partial charge in [-0.15, -0.1) is 0 Å². The molecule has 0 saturated carbocycles. The highest BCUT2D eigenvalue weighted by atomic mass is 16.1. The summed E-state index contributed by atoms with van der Waals surface area (Å²) in [6.07, 6.45) is 1.49. The van der Waals surface area contributed by atoms with Crippen molar-refractivity contribution in [3.8, 4) is 6.07 Å². The van der Waals surface area contributed by atoms with E-state index in [4.69, 9.17) is 5.26 Å². The van der Waals surface area contributed by atoms with Gasteiger partial charge in [0.05, 0.1) is 11.6 Å². The molecule has 0 amide bonds. The van der Waals surface area contributed by atoms with Gasteiger partial charge in [0.15, 0.2) is 0 Å². The van der Waals surface area contributed by atoms with Crippen molar-refractivity contribution < 1.29 is 4.79 Å². The summed E-state index contributed by atoms with van der Waals surface area (Å²) in [5.41, 5.74) is 1.75. The second-order valence-corrected chi connectivity index (χ2v) is 3.75. The minimum atomic E-state index is 0.198. The minimum absolute atomic E-state index is 0.198. The molecule has 0 aliphatic rings. The Labute approximate surface area is 90.5 Å². The largest absolute Gasteiger partial charge is 0.300 e. The van der Waals surface area contributed by atoms with Crippen LogP contribution in [-0.4, -0.2) is 5.78 Å². The van der Waals surface area contributed by atoms with Crippen LogP contribution in [0.2, 0.25) is 0 Å².